The smallest absolute Gasteiger partial charge is 0.0782 e. The predicted molar refractivity (Wildman–Crippen MR) is 130 cm³/mol. The summed E-state index contributed by atoms with van der Waals surface area (Å²) in [5.41, 5.74) is 0. The average Bonchev–Trinajstić information content (AvgIpc) is 2.69. The minimum atomic E-state index is 1.19. The molecule has 1 heteroatoms. The van der Waals surface area contributed by atoms with Gasteiger partial charge >= 0.3 is 0 Å². The van der Waals surface area contributed by atoms with E-state index in [0.29, 0.717) is 0 Å². The van der Waals surface area contributed by atoms with Gasteiger partial charge in [-0.25, -0.2) is 0 Å². The summed E-state index contributed by atoms with van der Waals surface area (Å²) in [6.45, 7) is 7.23. The number of hydrogen-bond donors (Lipinski definition) is 0. The first kappa shape index (κ1) is 28.0. The molecule has 0 spiro atoms. The number of unbranched alkanes of at least 4 members (excludes halogenated alkanes) is 20. The molecule has 0 unspecified atom stereocenters. The van der Waals surface area contributed by atoms with E-state index >= 15 is 0 Å². The van der Waals surface area contributed by atoms with Crippen LogP contribution in [0.4, 0.5) is 0 Å². The quantitative estimate of drug-likeness (QED) is 0.119. The van der Waals surface area contributed by atoms with Gasteiger partial charge in [-0.3, -0.25) is 0 Å². The van der Waals surface area contributed by atoms with E-state index in [2.05, 4.69) is 27.9 Å². The fraction of sp³-hybridized carbons (Fsp3) is 1.00. The Bertz CT molecular complexity index is 284. The summed E-state index contributed by atoms with van der Waals surface area (Å²) in [6, 6.07) is 0. The molecule has 0 aliphatic rings. The topological polar surface area (TPSA) is 0 Å². The normalized spacial score (nSPS) is 12.0. The van der Waals surface area contributed by atoms with Crippen molar-refractivity contribution in [3.05, 3.63) is 0 Å². The van der Waals surface area contributed by atoms with Gasteiger partial charge in [0, 0.05) is 0 Å². The van der Waals surface area contributed by atoms with E-state index in [9.17, 15) is 0 Å². The SMILES string of the molecule is CCCCCCCCCCCCCCCCCCCCCCC[N+](C)(C)CC. The van der Waals surface area contributed by atoms with Crippen LogP contribution in [-0.2, 0) is 0 Å². The molecule has 0 bridgehead atoms. The molecule has 0 rings (SSSR count). The maximum absolute atomic E-state index is 2.36. The van der Waals surface area contributed by atoms with Crippen molar-refractivity contribution in [1.29, 1.82) is 0 Å². The van der Waals surface area contributed by atoms with Gasteiger partial charge in [-0.2, -0.15) is 0 Å². The summed E-state index contributed by atoms with van der Waals surface area (Å²) in [5.74, 6) is 0. The first-order valence-electron chi connectivity index (χ1n) is 13.4. The summed E-state index contributed by atoms with van der Waals surface area (Å²) in [5, 5.41) is 0. The molecule has 0 aromatic carbocycles. The lowest BCUT2D eigenvalue weighted by atomic mass is 10.0. The van der Waals surface area contributed by atoms with Gasteiger partial charge < -0.3 is 4.48 Å². The molecule has 0 heterocycles. The second-order valence-corrected chi connectivity index (χ2v) is 10.0. The van der Waals surface area contributed by atoms with Crippen LogP contribution < -0.4 is 0 Å². The van der Waals surface area contributed by atoms with Gasteiger partial charge in [0.1, 0.15) is 0 Å². The van der Waals surface area contributed by atoms with E-state index in [1.807, 2.05) is 0 Å². The number of nitrogens with zero attached hydrogens (tertiary/aromatic N) is 1. The highest BCUT2D eigenvalue weighted by Crippen LogP contribution is 2.15. The third-order valence-corrected chi connectivity index (χ3v) is 6.72. The third-order valence-electron chi connectivity index (χ3n) is 6.72. The molecular weight excluding hydrogens is 338 g/mol. The van der Waals surface area contributed by atoms with Gasteiger partial charge in [0.2, 0.25) is 0 Å². The lowest BCUT2D eigenvalue weighted by Crippen LogP contribution is -2.39. The fourth-order valence-electron chi connectivity index (χ4n) is 4.13. The van der Waals surface area contributed by atoms with E-state index in [0.717, 1.165) is 0 Å². The Balaban J connectivity index is 3.05. The Morgan fingerprint density at radius 2 is 0.607 bits per heavy atom. The highest BCUT2D eigenvalue weighted by Gasteiger charge is 2.09. The first-order chi connectivity index (χ1) is 13.6. The minimum absolute atomic E-state index is 1.19. The zero-order valence-electron chi connectivity index (χ0n) is 20.7. The van der Waals surface area contributed by atoms with Gasteiger partial charge in [-0.15, -0.1) is 0 Å². The molecule has 0 radical (unpaired) electrons. The molecule has 0 aromatic heterocycles. The summed E-state index contributed by atoms with van der Waals surface area (Å²) < 4.78 is 1.19. The van der Waals surface area contributed by atoms with Crippen molar-refractivity contribution in [3.63, 3.8) is 0 Å². The Labute approximate surface area is 180 Å². The lowest BCUT2D eigenvalue weighted by Gasteiger charge is -2.28. The van der Waals surface area contributed by atoms with E-state index in [4.69, 9.17) is 0 Å². The molecule has 0 N–H and O–H groups in total. The molecule has 0 amide bonds. The number of rotatable bonds is 23. The molecule has 0 saturated heterocycles. The first-order valence-corrected chi connectivity index (χ1v) is 13.4. The van der Waals surface area contributed by atoms with Crippen LogP contribution in [0, 0.1) is 0 Å². The molecule has 1 nitrogen and oxygen atoms in total. The van der Waals surface area contributed by atoms with Gasteiger partial charge in [-0.05, 0) is 19.8 Å². The maximum Gasteiger partial charge on any atom is 0.0782 e. The maximum atomic E-state index is 2.36. The van der Waals surface area contributed by atoms with Gasteiger partial charge in [0.05, 0.1) is 27.2 Å². The van der Waals surface area contributed by atoms with Crippen molar-refractivity contribution in [2.45, 2.75) is 149 Å². The Morgan fingerprint density at radius 1 is 0.357 bits per heavy atom. The van der Waals surface area contributed by atoms with Crippen LogP contribution in [0.25, 0.3) is 0 Å². The summed E-state index contributed by atoms with van der Waals surface area (Å²) in [7, 11) is 4.72. The van der Waals surface area contributed by atoms with E-state index < -0.39 is 0 Å². The summed E-state index contributed by atoms with van der Waals surface area (Å²) >= 11 is 0. The van der Waals surface area contributed by atoms with E-state index in [-0.39, 0.29) is 0 Å². The minimum Gasteiger partial charge on any atom is -0.329 e. The highest BCUT2D eigenvalue weighted by molar-refractivity contribution is 4.51. The van der Waals surface area contributed by atoms with Crippen molar-refractivity contribution < 1.29 is 4.48 Å². The molecule has 28 heavy (non-hydrogen) atoms. The standard InChI is InChI=1S/C27H58N/c1-5-7-8-9-10-11-12-13-14-15-16-17-18-19-20-21-22-23-24-25-26-27-28(3,4)6-2/h5-27H2,1-4H3/q+1. The Morgan fingerprint density at radius 3 is 0.857 bits per heavy atom. The van der Waals surface area contributed by atoms with Crippen LogP contribution in [0.3, 0.4) is 0 Å². The Kier molecular flexibility index (Phi) is 21.6. The van der Waals surface area contributed by atoms with E-state index in [1.54, 1.807) is 0 Å². The predicted octanol–water partition coefficient (Wildman–Crippen LogP) is 9.29. The zero-order chi connectivity index (χ0) is 20.8. The monoisotopic (exact) mass is 396 g/mol. The third kappa shape index (κ3) is 22.3. The second kappa shape index (κ2) is 21.7. The lowest BCUT2D eigenvalue weighted by molar-refractivity contribution is -0.888. The van der Waals surface area contributed by atoms with Gasteiger partial charge in [0.25, 0.3) is 0 Å². The van der Waals surface area contributed by atoms with Crippen molar-refractivity contribution in [2.75, 3.05) is 27.2 Å². The average molecular weight is 397 g/mol. The molecule has 170 valence electrons. The van der Waals surface area contributed by atoms with Gasteiger partial charge in [-0.1, -0.05) is 129 Å². The van der Waals surface area contributed by atoms with Crippen LogP contribution in [-0.4, -0.2) is 31.7 Å². The summed E-state index contributed by atoms with van der Waals surface area (Å²) in [4.78, 5) is 0. The van der Waals surface area contributed by atoms with Crippen molar-refractivity contribution >= 4 is 0 Å². The largest absolute Gasteiger partial charge is 0.329 e. The molecule has 0 saturated carbocycles. The number of quaternary nitrogens is 1. The second-order valence-electron chi connectivity index (χ2n) is 10.0. The van der Waals surface area contributed by atoms with Crippen LogP contribution in [0.15, 0.2) is 0 Å². The zero-order valence-corrected chi connectivity index (χ0v) is 20.7. The van der Waals surface area contributed by atoms with Crippen molar-refractivity contribution in [3.8, 4) is 0 Å². The molecule has 0 aliphatic heterocycles. The van der Waals surface area contributed by atoms with Crippen molar-refractivity contribution in [2.24, 2.45) is 0 Å². The molecular formula is C27H58N+. The molecule has 0 aliphatic carbocycles. The van der Waals surface area contributed by atoms with Crippen LogP contribution in [0.2, 0.25) is 0 Å². The Hall–Kier alpha value is -0.0400. The number of hydrogen-bond acceptors (Lipinski definition) is 0. The highest BCUT2D eigenvalue weighted by atomic mass is 15.3. The van der Waals surface area contributed by atoms with Crippen LogP contribution in [0.1, 0.15) is 149 Å². The van der Waals surface area contributed by atoms with E-state index in [1.165, 1.54) is 152 Å². The van der Waals surface area contributed by atoms with Crippen LogP contribution in [0.5, 0.6) is 0 Å². The fourth-order valence-corrected chi connectivity index (χ4v) is 4.13. The van der Waals surface area contributed by atoms with Crippen LogP contribution >= 0.6 is 0 Å². The molecule has 0 atom stereocenters. The van der Waals surface area contributed by atoms with Crippen molar-refractivity contribution in [1.82, 2.24) is 0 Å². The molecule has 0 aromatic rings. The molecule has 0 fully saturated rings. The van der Waals surface area contributed by atoms with Gasteiger partial charge in [0.15, 0.2) is 0 Å². The summed E-state index contributed by atoms with van der Waals surface area (Å²) in [6.07, 6.45) is 30.9.